The molecule has 1 N–H and O–H groups in total. The number of benzene rings is 1. The van der Waals surface area contributed by atoms with E-state index in [1.54, 1.807) is 22.8 Å². The van der Waals surface area contributed by atoms with Crippen LogP contribution in [0.3, 0.4) is 0 Å². The molecule has 0 unspecified atom stereocenters. The first-order chi connectivity index (χ1) is 12.6. The lowest BCUT2D eigenvalue weighted by atomic mass is 10.1. The van der Waals surface area contributed by atoms with Crippen LogP contribution < -0.4 is 5.32 Å². The highest BCUT2D eigenvalue weighted by Crippen LogP contribution is 2.28. The number of rotatable bonds is 6. The molecule has 1 aliphatic heterocycles. The molecule has 8 heteroatoms. The van der Waals surface area contributed by atoms with Crippen LogP contribution in [0.1, 0.15) is 26.3 Å². The number of thioether (sulfide) groups is 1. The van der Waals surface area contributed by atoms with Crippen LogP contribution in [0.2, 0.25) is 0 Å². The van der Waals surface area contributed by atoms with Crippen LogP contribution in [-0.4, -0.2) is 56.4 Å². The number of aromatic nitrogens is 4. The van der Waals surface area contributed by atoms with Gasteiger partial charge in [0.2, 0.25) is 5.91 Å². The normalized spacial score (nSPS) is 20.1. The monoisotopic (exact) mass is 372 g/mol. The smallest absolute Gasteiger partial charge is 0.241 e. The Balaban J connectivity index is 1.74. The van der Waals surface area contributed by atoms with Crippen molar-refractivity contribution in [1.29, 1.82) is 0 Å². The Bertz CT molecular complexity index is 772. The summed E-state index contributed by atoms with van der Waals surface area (Å²) in [5, 5.41) is 14.5. The molecule has 26 heavy (non-hydrogen) atoms. The van der Waals surface area contributed by atoms with Gasteiger partial charge >= 0.3 is 0 Å². The molecule has 3 rings (SSSR count). The van der Waals surface area contributed by atoms with Gasteiger partial charge in [-0.1, -0.05) is 17.7 Å². The molecule has 2 aromatic rings. The van der Waals surface area contributed by atoms with E-state index in [0.717, 1.165) is 23.7 Å². The lowest BCUT2D eigenvalue weighted by Gasteiger charge is -2.22. The third kappa shape index (κ3) is 4.50. The first-order valence-electron chi connectivity index (χ1n) is 8.61. The van der Waals surface area contributed by atoms with E-state index in [1.165, 1.54) is 5.57 Å². The van der Waals surface area contributed by atoms with Gasteiger partial charge < -0.3 is 5.32 Å². The predicted molar refractivity (Wildman–Crippen MR) is 103 cm³/mol. The summed E-state index contributed by atoms with van der Waals surface area (Å²) in [6.07, 6.45) is 6.48. The Morgan fingerprint density at radius 1 is 1.42 bits per heavy atom. The summed E-state index contributed by atoms with van der Waals surface area (Å²) in [6, 6.07) is 7.80. The van der Waals surface area contributed by atoms with E-state index in [1.807, 2.05) is 30.5 Å². The molecular formula is C18H24N6OS. The molecule has 1 fully saturated rings. The molecule has 0 radical (unpaired) electrons. The molecule has 0 spiro atoms. The number of tetrazole rings is 1. The van der Waals surface area contributed by atoms with Crippen LogP contribution in [-0.2, 0) is 4.79 Å². The fourth-order valence-corrected chi connectivity index (χ4v) is 3.57. The highest BCUT2D eigenvalue weighted by Gasteiger charge is 2.37. The fraction of sp³-hybridized carbons (Fsp3) is 0.444. The largest absolute Gasteiger partial charge is 0.325 e. The fourth-order valence-electron chi connectivity index (χ4n) is 3.11. The molecule has 7 nitrogen and oxygen atoms in total. The minimum atomic E-state index is -0.210. The second-order valence-electron chi connectivity index (χ2n) is 6.65. The van der Waals surface area contributed by atoms with Crippen molar-refractivity contribution >= 4 is 23.4 Å². The maximum Gasteiger partial charge on any atom is 0.241 e. The molecule has 138 valence electrons. The summed E-state index contributed by atoms with van der Waals surface area (Å²) < 4.78 is 1.75. The van der Waals surface area contributed by atoms with Crippen LogP contribution in [0, 0.1) is 0 Å². The maximum atomic E-state index is 12.9. The summed E-state index contributed by atoms with van der Waals surface area (Å²) in [5.41, 5.74) is 2.07. The second-order valence-corrected chi connectivity index (χ2v) is 7.53. The summed E-state index contributed by atoms with van der Waals surface area (Å²) >= 11 is 1.66. The molecule has 1 aliphatic rings. The number of likely N-dealkylation sites (tertiary alicyclic amines) is 1. The maximum absolute atomic E-state index is 12.9. The number of hydrogen-bond acceptors (Lipinski definition) is 6. The topological polar surface area (TPSA) is 75.9 Å². The van der Waals surface area contributed by atoms with Gasteiger partial charge in [-0.2, -0.15) is 0 Å². The molecule has 1 saturated heterocycles. The van der Waals surface area contributed by atoms with Gasteiger partial charge in [-0.25, -0.2) is 4.68 Å². The van der Waals surface area contributed by atoms with E-state index >= 15 is 0 Å². The van der Waals surface area contributed by atoms with E-state index in [-0.39, 0.29) is 18.0 Å². The van der Waals surface area contributed by atoms with Gasteiger partial charge in [-0.3, -0.25) is 9.69 Å². The summed E-state index contributed by atoms with van der Waals surface area (Å²) in [7, 11) is 0. The van der Waals surface area contributed by atoms with Gasteiger partial charge in [0, 0.05) is 23.7 Å². The summed E-state index contributed by atoms with van der Waals surface area (Å²) in [4.78, 5) is 16.3. The molecule has 1 aromatic carbocycles. The third-order valence-corrected chi connectivity index (χ3v) is 5.22. The van der Waals surface area contributed by atoms with Crippen molar-refractivity contribution in [3.63, 3.8) is 0 Å². The number of hydrogen-bond donors (Lipinski definition) is 1. The molecule has 2 atom stereocenters. The molecule has 0 saturated carbocycles. The number of nitrogens with one attached hydrogen (secondary N) is 1. The van der Waals surface area contributed by atoms with Crippen molar-refractivity contribution in [2.75, 3.05) is 24.7 Å². The summed E-state index contributed by atoms with van der Waals surface area (Å²) in [6.45, 7) is 5.62. The second kappa shape index (κ2) is 8.46. The number of amides is 1. The highest BCUT2D eigenvalue weighted by molar-refractivity contribution is 7.98. The van der Waals surface area contributed by atoms with Crippen LogP contribution in [0.25, 0.3) is 0 Å². The minimum absolute atomic E-state index is 0.0148. The summed E-state index contributed by atoms with van der Waals surface area (Å²) in [5.74, 6) is 0.0148. The number of carbonyl (C=O) groups excluding carboxylic acids is 1. The lowest BCUT2D eigenvalue weighted by molar-refractivity contribution is -0.120. The van der Waals surface area contributed by atoms with E-state index in [9.17, 15) is 4.79 Å². The first-order valence-corrected chi connectivity index (χ1v) is 9.84. The van der Waals surface area contributed by atoms with Crippen LogP contribution in [0.5, 0.6) is 0 Å². The number of anilines is 1. The van der Waals surface area contributed by atoms with Gasteiger partial charge in [0.1, 0.15) is 6.33 Å². The molecular weight excluding hydrogens is 348 g/mol. The zero-order valence-corrected chi connectivity index (χ0v) is 16.1. The Hall–Kier alpha value is -2.19. The minimum Gasteiger partial charge on any atom is -0.325 e. The van der Waals surface area contributed by atoms with Crippen LogP contribution >= 0.6 is 11.8 Å². The average Bonchev–Trinajstić information content (AvgIpc) is 3.29. The zero-order chi connectivity index (χ0) is 18.5. The van der Waals surface area contributed by atoms with Crippen molar-refractivity contribution in [1.82, 2.24) is 25.1 Å². The lowest BCUT2D eigenvalue weighted by Crippen LogP contribution is -2.39. The van der Waals surface area contributed by atoms with Gasteiger partial charge in [0.25, 0.3) is 0 Å². The van der Waals surface area contributed by atoms with Gasteiger partial charge in [0.15, 0.2) is 0 Å². The van der Waals surface area contributed by atoms with E-state index < -0.39 is 0 Å². The Labute approximate surface area is 157 Å². The number of allylic oxidation sites excluding steroid dienone is 1. The zero-order valence-electron chi connectivity index (χ0n) is 15.3. The van der Waals surface area contributed by atoms with Gasteiger partial charge in [0.05, 0.1) is 12.1 Å². The molecule has 0 bridgehead atoms. The van der Waals surface area contributed by atoms with Crippen LogP contribution in [0.4, 0.5) is 5.69 Å². The number of carbonyl (C=O) groups is 1. The Morgan fingerprint density at radius 2 is 2.27 bits per heavy atom. The standard InChI is InChI=1S/C18H24N6OS/c1-13(2)7-8-23-11-15(24-12-19-21-22-24)10-17(23)18(25)20-14-5-4-6-16(9-14)26-3/h4-7,9,12,15,17H,8,10-11H2,1-3H3,(H,20,25)/t15-,17-/m0/s1. The van der Waals surface area contributed by atoms with Crippen molar-refractivity contribution in [2.24, 2.45) is 0 Å². The molecule has 0 aliphatic carbocycles. The predicted octanol–water partition coefficient (Wildman–Crippen LogP) is 2.62. The van der Waals surface area contributed by atoms with Crippen molar-refractivity contribution in [2.45, 2.75) is 37.2 Å². The van der Waals surface area contributed by atoms with Crippen molar-refractivity contribution in [3.8, 4) is 0 Å². The average molecular weight is 372 g/mol. The van der Waals surface area contributed by atoms with E-state index in [0.29, 0.717) is 6.42 Å². The quantitative estimate of drug-likeness (QED) is 0.620. The molecule has 2 heterocycles. The Kier molecular flexibility index (Phi) is 6.05. The SMILES string of the molecule is CSc1cccc(NC(=O)[C@@H]2C[C@H](n3cnnn3)CN2CC=C(C)C)c1. The highest BCUT2D eigenvalue weighted by atomic mass is 32.2. The molecule has 1 amide bonds. The molecule has 1 aromatic heterocycles. The van der Waals surface area contributed by atoms with Gasteiger partial charge in [-0.05, 0) is 55.1 Å². The Morgan fingerprint density at radius 3 is 2.96 bits per heavy atom. The van der Waals surface area contributed by atoms with Gasteiger partial charge in [-0.15, -0.1) is 16.9 Å². The van der Waals surface area contributed by atoms with Crippen molar-refractivity contribution in [3.05, 3.63) is 42.2 Å². The van der Waals surface area contributed by atoms with Crippen LogP contribution in [0.15, 0.2) is 47.1 Å². The first kappa shape index (κ1) is 18.6. The number of nitrogens with zero attached hydrogens (tertiary/aromatic N) is 5. The van der Waals surface area contributed by atoms with E-state index in [2.05, 4.69) is 45.7 Å². The third-order valence-electron chi connectivity index (χ3n) is 4.49. The van der Waals surface area contributed by atoms with Crippen molar-refractivity contribution < 1.29 is 4.79 Å². The van der Waals surface area contributed by atoms with E-state index in [4.69, 9.17) is 0 Å².